The number of nitriles is 1. The van der Waals surface area contributed by atoms with Crippen molar-refractivity contribution in [2.75, 3.05) is 20.2 Å². The number of nitrogens with zero attached hydrogens (tertiary/aromatic N) is 3. The molecule has 0 N–H and O–H groups in total. The number of piperidine rings is 1. The summed E-state index contributed by atoms with van der Waals surface area (Å²) in [5, 5.41) is 10.2. The van der Waals surface area contributed by atoms with E-state index in [0.717, 1.165) is 48.8 Å². The van der Waals surface area contributed by atoms with Gasteiger partial charge in [-0.25, -0.2) is 0 Å². The number of rotatable bonds is 7. The fraction of sp³-hybridized carbons (Fsp3) is 0.370. The molecule has 0 bridgehead atoms. The Balaban J connectivity index is 1.43. The van der Waals surface area contributed by atoms with Gasteiger partial charge in [-0.05, 0) is 60.9 Å². The minimum Gasteiger partial charge on any atom is -0.469 e. The molecule has 0 radical (unpaired) electrons. The summed E-state index contributed by atoms with van der Waals surface area (Å²) in [4.78, 5) is 26.7. The zero-order chi connectivity index (χ0) is 23.2. The van der Waals surface area contributed by atoms with Crippen LogP contribution in [0.5, 0.6) is 0 Å². The quantitative estimate of drug-likeness (QED) is 0.515. The second-order valence-electron chi connectivity index (χ2n) is 8.72. The summed E-state index contributed by atoms with van der Waals surface area (Å²) in [6.07, 6.45) is 5.80. The molecule has 1 aliphatic heterocycles. The largest absolute Gasteiger partial charge is 0.469 e. The van der Waals surface area contributed by atoms with Gasteiger partial charge >= 0.3 is 5.97 Å². The van der Waals surface area contributed by atoms with Crippen molar-refractivity contribution in [3.8, 4) is 6.07 Å². The third-order valence-corrected chi connectivity index (χ3v) is 6.56. The lowest BCUT2D eigenvalue weighted by molar-refractivity contribution is -0.140. The Bertz CT molecular complexity index is 1170. The molecule has 1 amide bonds. The maximum Gasteiger partial charge on any atom is 0.305 e. The van der Waals surface area contributed by atoms with Gasteiger partial charge in [0.1, 0.15) is 6.54 Å². The van der Waals surface area contributed by atoms with Crippen LogP contribution in [0, 0.1) is 17.2 Å². The molecule has 33 heavy (non-hydrogen) atoms. The number of hydrogen-bond donors (Lipinski definition) is 0. The van der Waals surface area contributed by atoms with Crippen LogP contribution < -0.4 is 0 Å². The van der Waals surface area contributed by atoms with Crippen molar-refractivity contribution in [2.45, 2.75) is 38.6 Å². The van der Waals surface area contributed by atoms with Crippen molar-refractivity contribution >= 4 is 22.8 Å². The molecule has 0 atom stereocenters. The van der Waals surface area contributed by atoms with Crippen molar-refractivity contribution in [1.82, 2.24) is 9.47 Å². The maximum absolute atomic E-state index is 13.1. The van der Waals surface area contributed by atoms with Crippen molar-refractivity contribution in [2.24, 2.45) is 5.92 Å². The fourth-order valence-corrected chi connectivity index (χ4v) is 4.69. The van der Waals surface area contributed by atoms with E-state index in [0.29, 0.717) is 17.9 Å². The molecule has 170 valence electrons. The van der Waals surface area contributed by atoms with Gasteiger partial charge < -0.3 is 14.2 Å². The third kappa shape index (κ3) is 5.43. The van der Waals surface area contributed by atoms with Gasteiger partial charge in [-0.1, -0.05) is 30.3 Å². The summed E-state index contributed by atoms with van der Waals surface area (Å²) < 4.78 is 6.71. The van der Waals surface area contributed by atoms with E-state index in [1.807, 2.05) is 33.9 Å². The van der Waals surface area contributed by atoms with Crippen molar-refractivity contribution in [3.63, 3.8) is 0 Å². The normalized spacial score (nSPS) is 14.2. The fourth-order valence-electron chi connectivity index (χ4n) is 4.69. The number of aryl methyl sites for hydroxylation is 1. The highest BCUT2D eigenvalue weighted by molar-refractivity contribution is 5.87. The first-order chi connectivity index (χ1) is 16.1. The molecule has 0 spiro atoms. The highest BCUT2D eigenvalue weighted by Crippen LogP contribution is 2.26. The van der Waals surface area contributed by atoms with Gasteiger partial charge in [0, 0.05) is 36.6 Å². The van der Waals surface area contributed by atoms with E-state index in [2.05, 4.69) is 30.3 Å². The Morgan fingerprint density at radius 3 is 2.58 bits per heavy atom. The summed E-state index contributed by atoms with van der Waals surface area (Å²) in [6, 6.07) is 18.2. The van der Waals surface area contributed by atoms with Crippen LogP contribution in [0.2, 0.25) is 0 Å². The lowest BCUT2D eigenvalue weighted by atomic mass is 9.90. The average molecular weight is 444 g/mol. The lowest BCUT2D eigenvalue weighted by Crippen LogP contribution is -2.40. The van der Waals surface area contributed by atoms with E-state index in [-0.39, 0.29) is 24.8 Å². The second-order valence-corrected chi connectivity index (χ2v) is 8.72. The average Bonchev–Trinajstić information content (AvgIpc) is 3.19. The molecule has 2 heterocycles. The minimum absolute atomic E-state index is 0.105. The number of methoxy groups -OCH3 is 1. The number of likely N-dealkylation sites (tertiary alicyclic amines) is 1. The standard InChI is InChI=1S/C27H29N3O3/c1-33-27(32)10-8-23-18-30(25-9-7-22(17-28)16-24(23)25)19-26(31)29-13-11-21(12-14-29)15-20-5-3-2-4-6-20/h2-7,9,16,18,21H,8,10-15,19H2,1H3. The van der Waals surface area contributed by atoms with Crippen LogP contribution in [0.25, 0.3) is 10.9 Å². The zero-order valence-corrected chi connectivity index (χ0v) is 19.0. The van der Waals surface area contributed by atoms with E-state index < -0.39 is 0 Å². The van der Waals surface area contributed by atoms with Crippen LogP contribution in [-0.4, -0.2) is 41.5 Å². The summed E-state index contributed by atoms with van der Waals surface area (Å²) in [6.45, 7) is 1.82. The number of carbonyl (C=O) groups is 2. The first-order valence-electron chi connectivity index (χ1n) is 11.5. The predicted octanol–water partition coefficient (Wildman–Crippen LogP) is 4.10. The van der Waals surface area contributed by atoms with E-state index in [9.17, 15) is 14.9 Å². The molecule has 0 aliphatic carbocycles. The Labute approximate surface area is 194 Å². The number of aromatic nitrogens is 1. The first-order valence-corrected chi connectivity index (χ1v) is 11.5. The first kappa shape index (κ1) is 22.6. The molecule has 1 fully saturated rings. The number of amides is 1. The topological polar surface area (TPSA) is 75.3 Å². The number of ether oxygens (including phenoxy) is 1. The minimum atomic E-state index is -0.276. The van der Waals surface area contributed by atoms with Crippen LogP contribution in [0.1, 0.15) is 36.0 Å². The van der Waals surface area contributed by atoms with Crippen LogP contribution in [0.3, 0.4) is 0 Å². The number of benzene rings is 2. The monoisotopic (exact) mass is 443 g/mol. The Kier molecular flexibility index (Phi) is 7.09. The number of hydrogen-bond acceptors (Lipinski definition) is 4. The van der Waals surface area contributed by atoms with E-state index in [1.54, 1.807) is 6.07 Å². The van der Waals surface area contributed by atoms with Crippen LogP contribution >= 0.6 is 0 Å². The van der Waals surface area contributed by atoms with Gasteiger partial charge in [-0.3, -0.25) is 9.59 Å². The van der Waals surface area contributed by atoms with Crippen LogP contribution in [0.4, 0.5) is 0 Å². The summed E-state index contributed by atoms with van der Waals surface area (Å²) in [5.74, 6) is 0.439. The number of carbonyl (C=O) groups excluding carboxylic acids is 2. The predicted molar refractivity (Wildman–Crippen MR) is 126 cm³/mol. The Hall–Kier alpha value is -3.59. The molecule has 1 aliphatic rings. The second kappa shape index (κ2) is 10.4. The molecule has 2 aromatic carbocycles. The summed E-state index contributed by atoms with van der Waals surface area (Å²) >= 11 is 0. The molecule has 6 heteroatoms. The van der Waals surface area contributed by atoms with Gasteiger partial charge in [0.25, 0.3) is 0 Å². The van der Waals surface area contributed by atoms with E-state index in [1.165, 1.54) is 12.7 Å². The number of fused-ring (bicyclic) bond motifs is 1. The van der Waals surface area contributed by atoms with Gasteiger partial charge in [0.15, 0.2) is 0 Å². The summed E-state index contributed by atoms with van der Waals surface area (Å²) in [7, 11) is 1.38. The Morgan fingerprint density at radius 2 is 1.88 bits per heavy atom. The highest BCUT2D eigenvalue weighted by atomic mass is 16.5. The van der Waals surface area contributed by atoms with Crippen LogP contribution in [0.15, 0.2) is 54.7 Å². The van der Waals surface area contributed by atoms with E-state index >= 15 is 0 Å². The molecule has 0 unspecified atom stereocenters. The lowest BCUT2D eigenvalue weighted by Gasteiger charge is -2.32. The van der Waals surface area contributed by atoms with Crippen molar-refractivity contribution in [1.29, 1.82) is 5.26 Å². The smallest absolute Gasteiger partial charge is 0.305 e. The molecular weight excluding hydrogens is 414 g/mol. The van der Waals surface area contributed by atoms with Crippen LogP contribution in [-0.2, 0) is 33.7 Å². The molecule has 4 rings (SSSR count). The van der Waals surface area contributed by atoms with Crippen molar-refractivity contribution < 1.29 is 14.3 Å². The SMILES string of the molecule is COC(=O)CCc1cn(CC(=O)N2CCC(Cc3ccccc3)CC2)c2ccc(C#N)cc12. The molecule has 3 aromatic rings. The van der Waals surface area contributed by atoms with Gasteiger partial charge in [0.2, 0.25) is 5.91 Å². The molecule has 1 saturated heterocycles. The Morgan fingerprint density at radius 1 is 1.12 bits per heavy atom. The van der Waals surface area contributed by atoms with Gasteiger partial charge in [-0.15, -0.1) is 0 Å². The molecule has 0 saturated carbocycles. The molecule has 1 aromatic heterocycles. The highest BCUT2D eigenvalue weighted by Gasteiger charge is 2.24. The van der Waals surface area contributed by atoms with Crippen molar-refractivity contribution in [3.05, 3.63) is 71.4 Å². The third-order valence-electron chi connectivity index (χ3n) is 6.56. The molecular formula is C27H29N3O3. The van der Waals surface area contributed by atoms with Gasteiger partial charge in [0.05, 0.1) is 18.7 Å². The number of esters is 1. The maximum atomic E-state index is 13.1. The summed E-state index contributed by atoms with van der Waals surface area (Å²) in [5.41, 5.74) is 3.77. The van der Waals surface area contributed by atoms with E-state index in [4.69, 9.17) is 4.74 Å². The zero-order valence-electron chi connectivity index (χ0n) is 19.0. The molecule has 6 nitrogen and oxygen atoms in total. The van der Waals surface area contributed by atoms with Gasteiger partial charge in [-0.2, -0.15) is 5.26 Å².